The van der Waals surface area contributed by atoms with Crippen LogP contribution in [0.15, 0.2) is 0 Å². The number of hydrogen-bond acceptors (Lipinski definition) is 3. The van der Waals surface area contributed by atoms with Gasteiger partial charge in [-0.3, -0.25) is 4.90 Å². The van der Waals surface area contributed by atoms with Gasteiger partial charge in [-0.25, -0.2) is 9.59 Å². The minimum absolute atomic E-state index is 0.456. The molecular weight excluding hydrogens is 234 g/mol. The van der Waals surface area contributed by atoms with E-state index in [0.717, 1.165) is 25.7 Å². The lowest BCUT2D eigenvalue weighted by Gasteiger charge is -2.33. The van der Waals surface area contributed by atoms with Crippen LogP contribution in [0.25, 0.3) is 0 Å². The number of rotatable bonds is 5. The second-order valence-corrected chi connectivity index (χ2v) is 4.80. The van der Waals surface area contributed by atoms with E-state index < -0.39 is 23.7 Å². The first kappa shape index (κ1) is 14.8. The number of carboxylic acid groups (broad SMARTS) is 1. The minimum atomic E-state index is -0.945. The number of carbonyl (C=O) groups is 2. The van der Waals surface area contributed by atoms with Crippen molar-refractivity contribution in [3.05, 3.63) is 0 Å². The summed E-state index contributed by atoms with van der Waals surface area (Å²) in [5, 5.41) is 9.05. The molecule has 0 radical (unpaired) electrons. The summed E-state index contributed by atoms with van der Waals surface area (Å²) in [7, 11) is 0. The Labute approximate surface area is 108 Å². The van der Waals surface area contributed by atoms with Crippen LogP contribution in [0.4, 0.5) is 4.79 Å². The van der Waals surface area contributed by atoms with Crippen molar-refractivity contribution in [3.63, 3.8) is 0 Å². The first-order chi connectivity index (χ1) is 8.49. The molecule has 0 aromatic carbocycles. The Balaban J connectivity index is 2.72. The van der Waals surface area contributed by atoms with Crippen molar-refractivity contribution in [2.45, 2.75) is 64.5 Å². The number of amides is 1. The molecule has 1 rings (SSSR count). The number of aliphatic carboxylic acids is 1. The lowest BCUT2D eigenvalue weighted by Crippen LogP contribution is -2.45. The average molecular weight is 257 g/mol. The summed E-state index contributed by atoms with van der Waals surface area (Å²) in [6.45, 7) is 6.43. The molecule has 0 aromatic heterocycles. The highest BCUT2D eigenvalue weighted by Crippen LogP contribution is 2.27. The number of nitrogens with zero attached hydrogens (tertiary/aromatic N) is 1. The summed E-state index contributed by atoms with van der Waals surface area (Å²) in [6, 6.07) is -0.722. The zero-order valence-corrected chi connectivity index (χ0v) is 11.4. The summed E-state index contributed by atoms with van der Waals surface area (Å²) in [5.74, 6) is -0.945. The van der Waals surface area contributed by atoms with Gasteiger partial charge >= 0.3 is 12.1 Å². The monoisotopic (exact) mass is 257 g/mol. The van der Waals surface area contributed by atoms with Crippen molar-refractivity contribution >= 4 is 12.1 Å². The fourth-order valence-electron chi connectivity index (χ4n) is 2.45. The Morgan fingerprint density at radius 3 is 2.28 bits per heavy atom. The van der Waals surface area contributed by atoms with Crippen LogP contribution in [0.5, 0.6) is 0 Å². The van der Waals surface area contributed by atoms with Gasteiger partial charge in [-0.2, -0.15) is 0 Å². The van der Waals surface area contributed by atoms with Gasteiger partial charge in [0, 0.05) is 6.54 Å². The molecule has 1 atom stereocenters. The molecule has 0 aromatic rings. The molecule has 1 heterocycles. The lowest BCUT2D eigenvalue weighted by molar-refractivity contribution is -0.142. The van der Waals surface area contributed by atoms with Gasteiger partial charge in [-0.1, -0.05) is 20.8 Å². The van der Waals surface area contributed by atoms with Gasteiger partial charge < -0.3 is 9.84 Å². The number of ether oxygens (including phenoxy) is 1. The van der Waals surface area contributed by atoms with Crippen LogP contribution in [0.2, 0.25) is 0 Å². The standard InChI is InChI=1S/C13H23NO4/c1-4-13(5-2,6-3)18-12(17)14-9-7-8-10(14)11(15)16/h10H,4-9H2,1-3H3,(H,15,16)/t10-/m0/s1. The number of carbonyl (C=O) groups excluding carboxylic acids is 1. The van der Waals surface area contributed by atoms with E-state index in [2.05, 4.69) is 0 Å². The predicted octanol–water partition coefficient (Wildman–Crippen LogP) is 2.64. The summed E-state index contributed by atoms with van der Waals surface area (Å²) in [6.07, 6.45) is 3.00. The first-order valence-corrected chi connectivity index (χ1v) is 6.72. The molecule has 1 N–H and O–H groups in total. The maximum absolute atomic E-state index is 12.1. The van der Waals surface area contributed by atoms with Crippen molar-refractivity contribution < 1.29 is 19.4 Å². The van der Waals surface area contributed by atoms with E-state index in [9.17, 15) is 9.59 Å². The molecule has 104 valence electrons. The zero-order chi connectivity index (χ0) is 13.8. The fourth-order valence-corrected chi connectivity index (χ4v) is 2.45. The highest BCUT2D eigenvalue weighted by atomic mass is 16.6. The average Bonchev–Trinajstić information content (AvgIpc) is 2.85. The predicted molar refractivity (Wildman–Crippen MR) is 67.4 cm³/mol. The zero-order valence-electron chi connectivity index (χ0n) is 11.4. The Hall–Kier alpha value is -1.26. The molecule has 0 unspecified atom stereocenters. The Bertz CT molecular complexity index is 304. The molecule has 1 fully saturated rings. The van der Waals surface area contributed by atoms with Crippen molar-refractivity contribution in [1.29, 1.82) is 0 Å². The molecule has 18 heavy (non-hydrogen) atoms. The Morgan fingerprint density at radius 1 is 1.28 bits per heavy atom. The van der Waals surface area contributed by atoms with Crippen LogP contribution in [0.3, 0.4) is 0 Å². The van der Waals surface area contributed by atoms with E-state index in [0.29, 0.717) is 13.0 Å². The number of carboxylic acids is 1. The molecule has 1 aliphatic rings. The van der Waals surface area contributed by atoms with Crippen molar-refractivity contribution in [3.8, 4) is 0 Å². The highest BCUT2D eigenvalue weighted by molar-refractivity contribution is 5.80. The van der Waals surface area contributed by atoms with E-state index in [1.807, 2.05) is 20.8 Å². The van der Waals surface area contributed by atoms with E-state index in [1.165, 1.54) is 4.90 Å². The van der Waals surface area contributed by atoms with Gasteiger partial charge in [0.2, 0.25) is 0 Å². The number of hydrogen-bond donors (Lipinski definition) is 1. The van der Waals surface area contributed by atoms with Gasteiger partial charge in [0.05, 0.1) is 0 Å². The van der Waals surface area contributed by atoms with E-state index in [4.69, 9.17) is 9.84 Å². The normalized spacial score (nSPS) is 19.9. The Morgan fingerprint density at radius 2 is 1.83 bits per heavy atom. The molecule has 1 amide bonds. The molecule has 0 bridgehead atoms. The van der Waals surface area contributed by atoms with Crippen LogP contribution in [0, 0.1) is 0 Å². The topological polar surface area (TPSA) is 66.8 Å². The molecule has 1 aliphatic heterocycles. The van der Waals surface area contributed by atoms with Gasteiger partial charge in [0.25, 0.3) is 0 Å². The van der Waals surface area contributed by atoms with E-state index in [-0.39, 0.29) is 0 Å². The minimum Gasteiger partial charge on any atom is -0.480 e. The van der Waals surface area contributed by atoms with Crippen molar-refractivity contribution in [2.75, 3.05) is 6.54 Å². The SMILES string of the molecule is CCC(CC)(CC)OC(=O)N1CCC[C@H]1C(=O)O. The van der Waals surface area contributed by atoms with Crippen LogP contribution >= 0.6 is 0 Å². The summed E-state index contributed by atoms with van der Waals surface area (Å²) in [5.41, 5.74) is -0.456. The van der Waals surface area contributed by atoms with E-state index >= 15 is 0 Å². The third-order valence-electron chi connectivity index (χ3n) is 4.01. The molecule has 5 heteroatoms. The van der Waals surface area contributed by atoms with Crippen LogP contribution in [-0.2, 0) is 9.53 Å². The van der Waals surface area contributed by atoms with Gasteiger partial charge in [0.15, 0.2) is 0 Å². The molecule has 1 saturated heterocycles. The van der Waals surface area contributed by atoms with Crippen LogP contribution < -0.4 is 0 Å². The quantitative estimate of drug-likeness (QED) is 0.822. The van der Waals surface area contributed by atoms with Gasteiger partial charge in [-0.15, -0.1) is 0 Å². The van der Waals surface area contributed by atoms with Crippen molar-refractivity contribution in [2.24, 2.45) is 0 Å². The van der Waals surface area contributed by atoms with E-state index in [1.54, 1.807) is 0 Å². The van der Waals surface area contributed by atoms with Gasteiger partial charge in [0.1, 0.15) is 11.6 Å². The third-order valence-corrected chi connectivity index (χ3v) is 4.01. The largest absolute Gasteiger partial charge is 0.480 e. The molecule has 0 aliphatic carbocycles. The maximum Gasteiger partial charge on any atom is 0.411 e. The summed E-state index contributed by atoms with van der Waals surface area (Å²) < 4.78 is 5.57. The molecule has 0 spiro atoms. The fraction of sp³-hybridized carbons (Fsp3) is 0.846. The maximum atomic E-state index is 12.1. The third kappa shape index (κ3) is 2.94. The van der Waals surface area contributed by atoms with Crippen molar-refractivity contribution in [1.82, 2.24) is 4.90 Å². The summed E-state index contributed by atoms with van der Waals surface area (Å²) in [4.78, 5) is 24.5. The molecular formula is C13H23NO4. The smallest absolute Gasteiger partial charge is 0.411 e. The van der Waals surface area contributed by atoms with Crippen LogP contribution in [0.1, 0.15) is 52.9 Å². The second kappa shape index (κ2) is 6.07. The first-order valence-electron chi connectivity index (χ1n) is 6.72. The second-order valence-electron chi connectivity index (χ2n) is 4.80. The molecule has 5 nitrogen and oxygen atoms in total. The highest BCUT2D eigenvalue weighted by Gasteiger charge is 2.38. The summed E-state index contributed by atoms with van der Waals surface area (Å²) >= 11 is 0. The lowest BCUT2D eigenvalue weighted by atomic mass is 9.94. The van der Waals surface area contributed by atoms with Crippen LogP contribution in [-0.4, -0.2) is 40.3 Å². The van der Waals surface area contributed by atoms with Gasteiger partial charge in [-0.05, 0) is 32.1 Å². The Kier molecular flexibility index (Phi) is 4.99. The number of likely N-dealkylation sites (tertiary alicyclic amines) is 1. The molecule has 0 saturated carbocycles.